The first-order chi connectivity index (χ1) is 9.05. The van der Waals surface area contributed by atoms with E-state index in [9.17, 15) is 8.42 Å². The van der Waals surface area contributed by atoms with Crippen LogP contribution in [0.3, 0.4) is 0 Å². The van der Waals surface area contributed by atoms with Gasteiger partial charge in [-0.15, -0.1) is 0 Å². The van der Waals surface area contributed by atoms with E-state index >= 15 is 0 Å². The topological polar surface area (TPSA) is 81.4 Å². The van der Waals surface area contributed by atoms with Crippen molar-refractivity contribution in [3.8, 4) is 6.07 Å². The van der Waals surface area contributed by atoms with Gasteiger partial charge in [0.05, 0.1) is 17.4 Å². The molecule has 1 aliphatic heterocycles. The van der Waals surface area contributed by atoms with Crippen LogP contribution in [0.15, 0.2) is 24.3 Å². The molecule has 1 aliphatic rings. The largest absolute Gasteiger partial charge is 0.396 e. The fourth-order valence-corrected chi connectivity index (χ4v) is 3.84. The number of benzene rings is 1. The Morgan fingerprint density at radius 2 is 2.26 bits per heavy atom. The number of nitriles is 1. The average Bonchev–Trinajstić information content (AvgIpc) is 2.88. The van der Waals surface area contributed by atoms with E-state index in [0.717, 1.165) is 0 Å². The fourth-order valence-electron chi connectivity index (χ4n) is 2.23. The Morgan fingerprint density at radius 3 is 2.89 bits per heavy atom. The van der Waals surface area contributed by atoms with Crippen LogP contribution < -0.4 is 0 Å². The van der Waals surface area contributed by atoms with Crippen molar-refractivity contribution in [2.75, 3.05) is 19.7 Å². The lowest BCUT2D eigenvalue weighted by Gasteiger charge is -2.16. The number of hydrogen-bond acceptors (Lipinski definition) is 4. The third kappa shape index (κ3) is 3.32. The Balaban J connectivity index is 2.11. The highest BCUT2D eigenvalue weighted by atomic mass is 32.2. The molecule has 102 valence electrons. The molecule has 0 saturated carbocycles. The monoisotopic (exact) mass is 280 g/mol. The summed E-state index contributed by atoms with van der Waals surface area (Å²) in [6.07, 6.45) is 0.702. The third-order valence-corrected chi connectivity index (χ3v) is 5.12. The standard InChI is InChI=1S/C13H16N2O3S/c14-7-11-2-1-3-12(6-11)10-19(17,18)15-5-4-13(8-15)9-16/h1-3,6,13,16H,4-5,8-10H2. The van der Waals surface area contributed by atoms with Crippen molar-refractivity contribution in [2.45, 2.75) is 12.2 Å². The van der Waals surface area contributed by atoms with Gasteiger partial charge in [0, 0.05) is 19.7 Å². The maximum absolute atomic E-state index is 12.2. The van der Waals surface area contributed by atoms with Crippen LogP contribution in [0, 0.1) is 17.2 Å². The van der Waals surface area contributed by atoms with Crippen LogP contribution in [0.4, 0.5) is 0 Å². The molecule has 1 aromatic carbocycles. The van der Waals surface area contributed by atoms with Crippen molar-refractivity contribution in [2.24, 2.45) is 5.92 Å². The van der Waals surface area contributed by atoms with E-state index in [4.69, 9.17) is 10.4 Å². The lowest BCUT2D eigenvalue weighted by atomic mass is 10.1. The van der Waals surface area contributed by atoms with Crippen molar-refractivity contribution >= 4 is 10.0 Å². The van der Waals surface area contributed by atoms with Crippen molar-refractivity contribution in [1.82, 2.24) is 4.31 Å². The van der Waals surface area contributed by atoms with Crippen molar-refractivity contribution in [3.63, 3.8) is 0 Å². The van der Waals surface area contributed by atoms with Crippen molar-refractivity contribution in [1.29, 1.82) is 5.26 Å². The molecule has 0 aromatic heterocycles. The Labute approximate surface area is 113 Å². The van der Waals surface area contributed by atoms with Gasteiger partial charge in [0.1, 0.15) is 0 Å². The minimum atomic E-state index is -3.37. The van der Waals surface area contributed by atoms with Gasteiger partial charge in [-0.3, -0.25) is 0 Å². The van der Waals surface area contributed by atoms with Crippen LogP contribution in [-0.2, 0) is 15.8 Å². The summed E-state index contributed by atoms with van der Waals surface area (Å²) in [6.45, 7) is 0.873. The zero-order chi connectivity index (χ0) is 13.9. The molecule has 0 radical (unpaired) electrons. The second-order valence-corrected chi connectivity index (χ2v) is 6.73. The predicted molar refractivity (Wildman–Crippen MR) is 70.5 cm³/mol. The molecule has 0 amide bonds. The van der Waals surface area contributed by atoms with E-state index in [1.54, 1.807) is 24.3 Å². The zero-order valence-corrected chi connectivity index (χ0v) is 11.3. The normalized spacial score (nSPS) is 20.3. The summed E-state index contributed by atoms with van der Waals surface area (Å²) in [4.78, 5) is 0. The summed E-state index contributed by atoms with van der Waals surface area (Å²) in [6, 6.07) is 8.63. The number of aliphatic hydroxyl groups excluding tert-OH is 1. The van der Waals surface area contributed by atoms with Gasteiger partial charge in [-0.2, -0.15) is 5.26 Å². The van der Waals surface area contributed by atoms with Gasteiger partial charge in [0.15, 0.2) is 0 Å². The molecule has 1 N–H and O–H groups in total. The molecule has 0 aliphatic carbocycles. The molecule has 0 spiro atoms. The van der Waals surface area contributed by atoms with Gasteiger partial charge >= 0.3 is 0 Å². The van der Waals surface area contributed by atoms with Gasteiger partial charge in [0.2, 0.25) is 10.0 Å². The molecular weight excluding hydrogens is 264 g/mol. The molecule has 1 heterocycles. The van der Waals surface area contributed by atoms with E-state index in [1.165, 1.54) is 4.31 Å². The van der Waals surface area contributed by atoms with E-state index in [2.05, 4.69) is 0 Å². The number of aliphatic hydroxyl groups is 1. The van der Waals surface area contributed by atoms with Crippen LogP contribution in [0.5, 0.6) is 0 Å². The van der Waals surface area contributed by atoms with E-state index in [0.29, 0.717) is 30.6 Å². The Bertz CT molecular complexity index is 592. The summed E-state index contributed by atoms with van der Waals surface area (Å²) in [7, 11) is -3.37. The highest BCUT2D eigenvalue weighted by Gasteiger charge is 2.30. The van der Waals surface area contributed by atoms with Gasteiger partial charge in [-0.05, 0) is 30.0 Å². The average molecular weight is 280 g/mol. The van der Waals surface area contributed by atoms with Crippen LogP contribution in [-0.4, -0.2) is 37.5 Å². The first-order valence-electron chi connectivity index (χ1n) is 6.13. The summed E-state index contributed by atoms with van der Waals surface area (Å²) in [5.41, 5.74) is 1.08. The molecule has 19 heavy (non-hydrogen) atoms. The molecular formula is C13H16N2O3S. The van der Waals surface area contributed by atoms with Gasteiger partial charge in [0.25, 0.3) is 0 Å². The summed E-state index contributed by atoms with van der Waals surface area (Å²) in [5, 5.41) is 17.9. The molecule has 0 bridgehead atoms. The molecule has 1 atom stereocenters. The molecule has 5 nitrogen and oxygen atoms in total. The van der Waals surface area contributed by atoms with Gasteiger partial charge in [-0.1, -0.05) is 12.1 Å². The first-order valence-corrected chi connectivity index (χ1v) is 7.74. The predicted octanol–water partition coefficient (Wildman–Crippen LogP) is 0.702. The lowest BCUT2D eigenvalue weighted by molar-refractivity contribution is 0.233. The molecule has 6 heteroatoms. The molecule has 1 fully saturated rings. The molecule has 1 unspecified atom stereocenters. The Morgan fingerprint density at radius 1 is 1.47 bits per heavy atom. The smallest absolute Gasteiger partial charge is 0.218 e. The van der Waals surface area contributed by atoms with Crippen LogP contribution >= 0.6 is 0 Å². The highest BCUT2D eigenvalue weighted by molar-refractivity contribution is 7.88. The summed E-state index contributed by atoms with van der Waals surface area (Å²) >= 11 is 0. The second kappa shape index (κ2) is 5.70. The number of hydrogen-bond donors (Lipinski definition) is 1. The minimum Gasteiger partial charge on any atom is -0.396 e. The maximum atomic E-state index is 12.2. The zero-order valence-electron chi connectivity index (χ0n) is 10.5. The fraction of sp³-hybridized carbons (Fsp3) is 0.462. The molecule has 1 aromatic rings. The van der Waals surface area contributed by atoms with Crippen molar-refractivity contribution in [3.05, 3.63) is 35.4 Å². The number of sulfonamides is 1. The van der Waals surface area contributed by atoms with Crippen molar-refractivity contribution < 1.29 is 13.5 Å². The second-order valence-electron chi connectivity index (χ2n) is 4.76. The Kier molecular flexibility index (Phi) is 4.20. The minimum absolute atomic E-state index is 0.0237. The van der Waals surface area contributed by atoms with E-state index in [-0.39, 0.29) is 18.3 Å². The first kappa shape index (κ1) is 14.0. The quantitative estimate of drug-likeness (QED) is 0.880. The van der Waals surface area contributed by atoms with Gasteiger partial charge < -0.3 is 5.11 Å². The molecule has 1 saturated heterocycles. The SMILES string of the molecule is N#Cc1cccc(CS(=O)(=O)N2CCC(CO)C2)c1. The lowest BCUT2D eigenvalue weighted by Crippen LogP contribution is -2.30. The van der Waals surface area contributed by atoms with Gasteiger partial charge in [-0.25, -0.2) is 12.7 Å². The van der Waals surface area contributed by atoms with E-state index in [1.807, 2.05) is 6.07 Å². The summed E-state index contributed by atoms with van der Waals surface area (Å²) < 4.78 is 25.9. The number of rotatable bonds is 4. The van der Waals surface area contributed by atoms with E-state index < -0.39 is 10.0 Å². The Hall–Kier alpha value is -1.42. The van der Waals surface area contributed by atoms with Crippen LogP contribution in [0.1, 0.15) is 17.5 Å². The van der Waals surface area contributed by atoms with Crippen LogP contribution in [0.2, 0.25) is 0 Å². The summed E-state index contributed by atoms with van der Waals surface area (Å²) in [5.74, 6) is -0.0547. The maximum Gasteiger partial charge on any atom is 0.218 e. The highest BCUT2D eigenvalue weighted by Crippen LogP contribution is 2.21. The van der Waals surface area contributed by atoms with Crippen LogP contribution in [0.25, 0.3) is 0 Å². The third-order valence-electron chi connectivity index (χ3n) is 3.31. The molecule has 2 rings (SSSR count). The number of nitrogens with zero attached hydrogens (tertiary/aromatic N) is 2.